The predicted molar refractivity (Wildman–Crippen MR) is 48.8 cm³/mol. The molecule has 2 aliphatic rings. The van der Waals surface area contributed by atoms with E-state index in [-0.39, 0.29) is 61.2 Å². The summed E-state index contributed by atoms with van der Waals surface area (Å²) in [6, 6.07) is 0. The van der Waals surface area contributed by atoms with Gasteiger partial charge in [-0.2, -0.15) is 0 Å². The SMILES string of the molecule is [CH2-]N1CCC2(CCC2C)C1.[CH3-].[W+2].[Y]. The monoisotopic (exact) mass is 426 g/mol. The topological polar surface area (TPSA) is 3.24 Å². The van der Waals surface area contributed by atoms with Crippen LogP contribution in [-0.4, -0.2) is 18.0 Å². The Balaban J connectivity index is 0. The predicted octanol–water partition coefficient (Wildman–Crippen LogP) is 2.35. The third-order valence-corrected chi connectivity index (χ3v) is 3.59. The van der Waals surface area contributed by atoms with Crippen LogP contribution >= 0.6 is 0 Å². The maximum atomic E-state index is 3.98. The molecule has 0 amide bonds. The molecule has 0 aromatic carbocycles. The third-order valence-electron chi connectivity index (χ3n) is 3.59. The van der Waals surface area contributed by atoms with Gasteiger partial charge in [0.05, 0.1) is 0 Å². The molecule has 2 atom stereocenters. The second-order valence-corrected chi connectivity index (χ2v) is 4.10. The van der Waals surface area contributed by atoms with Crippen molar-refractivity contribution in [1.29, 1.82) is 0 Å². The molecule has 2 rings (SSSR count). The van der Waals surface area contributed by atoms with Crippen molar-refractivity contribution < 1.29 is 53.8 Å². The molecule has 2 unspecified atom stereocenters. The van der Waals surface area contributed by atoms with Gasteiger partial charge in [-0.25, -0.2) is 0 Å². The van der Waals surface area contributed by atoms with Crippen molar-refractivity contribution in [3.63, 3.8) is 0 Å². The quantitative estimate of drug-likeness (QED) is 0.538. The first-order valence-electron chi connectivity index (χ1n) is 4.28. The number of likely N-dealkylation sites (tertiary alicyclic amines) is 1. The molecule has 1 aliphatic heterocycles. The van der Waals surface area contributed by atoms with Crippen LogP contribution in [-0.2, 0) is 53.8 Å². The van der Waals surface area contributed by atoms with Crippen LogP contribution in [0.5, 0.6) is 0 Å². The van der Waals surface area contributed by atoms with Gasteiger partial charge in [-0.3, -0.25) is 7.05 Å². The maximum Gasteiger partial charge on any atom is 2.00 e. The van der Waals surface area contributed by atoms with E-state index < -0.39 is 0 Å². The van der Waals surface area contributed by atoms with E-state index in [1.54, 1.807) is 0 Å². The van der Waals surface area contributed by atoms with Gasteiger partial charge in [0.2, 0.25) is 0 Å². The smallest absolute Gasteiger partial charge is 0.459 e. The molecule has 0 bridgehead atoms. The minimum atomic E-state index is 0. The molecule has 2 fully saturated rings. The van der Waals surface area contributed by atoms with Gasteiger partial charge >= 0.3 is 21.1 Å². The molecule has 73 valence electrons. The molecular weight excluding hydrogens is 407 g/mol. The van der Waals surface area contributed by atoms with Gasteiger partial charge in [0, 0.05) is 32.7 Å². The van der Waals surface area contributed by atoms with Gasteiger partial charge in [0.1, 0.15) is 0 Å². The van der Waals surface area contributed by atoms with E-state index in [0.717, 1.165) is 5.92 Å². The standard InChI is InChI=1S/C9H16N.CH3.W.Y/c1-8-3-4-9(8)5-6-10(2)7-9;;;/h8H,2-7H2,1H3;1H3;;/q2*-1;+2;. The average molecular weight is 426 g/mol. The van der Waals surface area contributed by atoms with E-state index in [1.807, 2.05) is 0 Å². The molecule has 1 nitrogen and oxygen atoms in total. The van der Waals surface area contributed by atoms with Gasteiger partial charge < -0.3 is 12.3 Å². The molecule has 1 aliphatic carbocycles. The van der Waals surface area contributed by atoms with E-state index in [0.29, 0.717) is 5.41 Å². The maximum absolute atomic E-state index is 3.98. The first kappa shape index (κ1) is 17.2. The zero-order valence-corrected chi connectivity index (χ0v) is 14.5. The zero-order valence-electron chi connectivity index (χ0n) is 8.75. The number of nitrogens with zero attached hydrogens (tertiary/aromatic N) is 1. The molecule has 0 N–H and O–H groups in total. The molecule has 1 radical (unpaired) electrons. The molecule has 0 aromatic heterocycles. The Bertz CT molecular complexity index is 154. The summed E-state index contributed by atoms with van der Waals surface area (Å²) < 4.78 is 0. The van der Waals surface area contributed by atoms with Gasteiger partial charge in [0.15, 0.2) is 0 Å². The summed E-state index contributed by atoms with van der Waals surface area (Å²) >= 11 is 0. The van der Waals surface area contributed by atoms with E-state index >= 15 is 0 Å². The Morgan fingerprint density at radius 3 is 2.15 bits per heavy atom. The summed E-state index contributed by atoms with van der Waals surface area (Å²) in [5.74, 6) is 0.972. The number of hydrogen-bond acceptors (Lipinski definition) is 1. The Hall–Kier alpha value is 1.75. The Kier molecular flexibility index (Phi) is 8.39. The molecular formula is C10H19NWY. The Morgan fingerprint density at radius 1 is 1.38 bits per heavy atom. The fourth-order valence-electron chi connectivity index (χ4n) is 2.43. The summed E-state index contributed by atoms with van der Waals surface area (Å²) in [5.41, 5.74) is 0.710. The van der Waals surface area contributed by atoms with Crippen molar-refractivity contribution in [3.05, 3.63) is 14.5 Å². The molecule has 3 heteroatoms. The van der Waals surface area contributed by atoms with Crippen LogP contribution in [0.2, 0.25) is 0 Å². The molecule has 1 spiro atoms. The Labute approximate surface area is 123 Å². The second kappa shape index (κ2) is 6.36. The largest absolute Gasteiger partial charge is 2.00 e. The molecule has 1 saturated carbocycles. The van der Waals surface area contributed by atoms with E-state index in [9.17, 15) is 0 Å². The number of rotatable bonds is 0. The van der Waals surface area contributed by atoms with E-state index in [4.69, 9.17) is 0 Å². The summed E-state index contributed by atoms with van der Waals surface area (Å²) in [5, 5.41) is 0. The minimum absolute atomic E-state index is 0. The van der Waals surface area contributed by atoms with Crippen molar-refractivity contribution in [1.82, 2.24) is 4.90 Å². The fourth-order valence-corrected chi connectivity index (χ4v) is 2.43. The molecule has 1 saturated heterocycles. The molecule has 1 heterocycles. The summed E-state index contributed by atoms with van der Waals surface area (Å²) in [7, 11) is 3.98. The van der Waals surface area contributed by atoms with Crippen molar-refractivity contribution in [2.45, 2.75) is 26.2 Å². The zero-order chi connectivity index (χ0) is 7.19. The van der Waals surface area contributed by atoms with Gasteiger partial charge in [-0.1, -0.05) is 6.92 Å². The third kappa shape index (κ3) is 3.10. The second-order valence-electron chi connectivity index (χ2n) is 4.10. The van der Waals surface area contributed by atoms with Gasteiger partial charge in [0.25, 0.3) is 0 Å². The van der Waals surface area contributed by atoms with Crippen LogP contribution in [0.15, 0.2) is 0 Å². The van der Waals surface area contributed by atoms with Crippen LogP contribution in [0.25, 0.3) is 0 Å². The van der Waals surface area contributed by atoms with Gasteiger partial charge in [-0.05, 0) is 43.7 Å². The van der Waals surface area contributed by atoms with Crippen molar-refractivity contribution >= 4 is 0 Å². The minimum Gasteiger partial charge on any atom is -0.459 e. The average Bonchev–Trinajstić information content (AvgIpc) is 2.31. The van der Waals surface area contributed by atoms with Crippen molar-refractivity contribution in [2.24, 2.45) is 11.3 Å². The van der Waals surface area contributed by atoms with Gasteiger partial charge in [-0.15, -0.1) is 0 Å². The van der Waals surface area contributed by atoms with Crippen LogP contribution in [0.4, 0.5) is 0 Å². The van der Waals surface area contributed by atoms with Crippen molar-refractivity contribution in [2.75, 3.05) is 13.1 Å². The summed E-state index contributed by atoms with van der Waals surface area (Å²) in [4.78, 5) is 2.23. The fraction of sp³-hybridized carbons (Fsp3) is 0.800. The number of hydrogen-bond donors (Lipinski definition) is 0. The van der Waals surface area contributed by atoms with Crippen molar-refractivity contribution in [3.8, 4) is 0 Å². The summed E-state index contributed by atoms with van der Waals surface area (Å²) in [6.07, 6.45) is 4.31. The molecule has 0 aromatic rings. The first-order valence-corrected chi connectivity index (χ1v) is 4.28. The molecule has 13 heavy (non-hydrogen) atoms. The van der Waals surface area contributed by atoms with Crippen LogP contribution < -0.4 is 0 Å². The summed E-state index contributed by atoms with van der Waals surface area (Å²) in [6.45, 7) is 4.88. The first-order chi connectivity index (χ1) is 4.73. The Morgan fingerprint density at radius 2 is 2.00 bits per heavy atom. The van der Waals surface area contributed by atoms with Crippen LogP contribution in [0.3, 0.4) is 0 Å². The van der Waals surface area contributed by atoms with E-state index in [1.165, 1.54) is 32.4 Å². The normalized spacial score (nSPS) is 36.9. The van der Waals surface area contributed by atoms with E-state index in [2.05, 4.69) is 18.9 Å². The van der Waals surface area contributed by atoms with Crippen LogP contribution in [0, 0.1) is 25.8 Å². The van der Waals surface area contributed by atoms with Crippen LogP contribution in [0.1, 0.15) is 26.2 Å².